The molecule has 1 atom stereocenters. The molecule has 32 heavy (non-hydrogen) atoms. The van der Waals surface area contributed by atoms with Crippen molar-refractivity contribution < 1.29 is 19.1 Å². The summed E-state index contributed by atoms with van der Waals surface area (Å²) in [6, 6.07) is 16.1. The molecular weight excluding hydrogens is 404 g/mol. The zero-order chi connectivity index (χ0) is 22.9. The van der Waals surface area contributed by atoms with E-state index in [1.165, 1.54) is 22.3 Å². The van der Waals surface area contributed by atoms with Crippen molar-refractivity contribution in [2.45, 2.75) is 45.3 Å². The SMILES string of the molecule is COc1cccc(C2C3=C(CCN2C(=O)CNC(=O)OC(C)(C)C)c2ccccc2C3)c1. The number of hydrogen-bond donors (Lipinski definition) is 1. The summed E-state index contributed by atoms with van der Waals surface area (Å²) in [5.41, 5.74) is 5.56. The third-order valence-corrected chi connectivity index (χ3v) is 5.87. The predicted molar refractivity (Wildman–Crippen MR) is 123 cm³/mol. The molecule has 0 fully saturated rings. The molecule has 4 rings (SSSR count). The summed E-state index contributed by atoms with van der Waals surface area (Å²) in [7, 11) is 1.64. The first kappa shape index (κ1) is 21.9. The van der Waals surface area contributed by atoms with Crippen molar-refractivity contribution in [2.24, 2.45) is 0 Å². The number of fused-ring (bicyclic) bond motifs is 2. The van der Waals surface area contributed by atoms with Gasteiger partial charge in [-0.3, -0.25) is 4.79 Å². The largest absolute Gasteiger partial charge is 0.497 e. The summed E-state index contributed by atoms with van der Waals surface area (Å²) >= 11 is 0. The first-order chi connectivity index (χ1) is 15.3. The van der Waals surface area contributed by atoms with Gasteiger partial charge >= 0.3 is 6.09 Å². The van der Waals surface area contributed by atoms with Gasteiger partial charge in [0.2, 0.25) is 5.91 Å². The Morgan fingerprint density at radius 1 is 1.12 bits per heavy atom. The van der Waals surface area contributed by atoms with E-state index in [-0.39, 0.29) is 18.5 Å². The Kier molecular flexibility index (Phi) is 5.96. The number of benzene rings is 2. The minimum Gasteiger partial charge on any atom is -0.497 e. The van der Waals surface area contributed by atoms with Gasteiger partial charge in [0.25, 0.3) is 0 Å². The number of nitrogens with one attached hydrogen (secondary N) is 1. The van der Waals surface area contributed by atoms with E-state index in [0.29, 0.717) is 6.54 Å². The first-order valence-electron chi connectivity index (χ1n) is 11.0. The molecule has 6 heteroatoms. The summed E-state index contributed by atoms with van der Waals surface area (Å²) in [5.74, 6) is 0.621. The average molecular weight is 435 g/mol. The van der Waals surface area contributed by atoms with Gasteiger partial charge in [-0.05, 0) is 73.6 Å². The molecule has 0 aromatic heterocycles. The summed E-state index contributed by atoms with van der Waals surface area (Å²) in [4.78, 5) is 27.2. The molecule has 2 aromatic carbocycles. The van der Waals surface area contributed by atoms with E-state index in [9.17, 15) is 9.59 Å². The van der Waals surface area contributed by atoms with E-state index in [1.807, 2.05) is 29.2 Å². The number of carbonyl (C=O) groups is 2. The van der Waals surface area contributed by atoms with Crippen molar-refractivity contribution in [3.8, 4) is 5.75 Å². The molecule has 6 nitrogen and oxygen atoms in total. The molecule has 1 N–H and O–H groups in total. The van der Waals surface area contributed by atoms with Gasteiger partial charge in [-0.25, -0.2) is 4.79 Å². The second-order valence-corrected chi connectivity index (χ2v) is 9.21. The second kappa shape index (κ2) is 8.69. The number of amides is 2. The van der Waals surface area contributed by atoms with Crippen LogP contribution >= 0.6 is 0 Å². The third-order valence-electron chi connectivity index (χ3n) is 5.87. The van der Waals surface area contributed by atoms with Gasteiger partial charge in [0.05, 0.1) is 13.2 Å². The molecule has 2 aliphatic rings. The highest BCUT2D eigenvalue weighted by Crippen LogP contribution is 2.46. The first-order valence-corrected chi connectivity index (χ1v) is 11.0. The number of alkyl carbamates (subject to hydrolysis) is 1. The number of hydrogen-bond acceptors (Lipinski definition) is 4. The lowest BCUT2D eigenvalue weighted by Gasteiger charge is -2.38. The number of ether oxygens (including phenoxy) is 2. The van der Waals surface area contributed by atoms with Crippen LogP contribution in [0, 0.1) is 0 Å². The van der Waals surface area contributed by atoms with Gasteiger partial charge in [0, 0.05) is 6.54 Å². The third kappa shape index (κ3) is 4.49. The molecule has 1 heterocycles. The van der Waals surface area contributed by atoms with Crippen LogP contribution in [0.15, 0.2) is 54.1 Å². The summed E-state index contributed by atoms with van der Waals surface area (Å²) in [6.45, 7) is 5.87. The van der Waals surface area contributed by atoms with Crippen LogP contribution in [0.2, 0.25) is 0 Å². The fourth-order valence-corrected chi connectivity index (χ4v) is 4.59. The smallest absolute Gasteiger partial charge is 0.408 e. The highest BCUT2D eigenvalue weighted by atomic mass is 16.6. The highest BCUT2D eigenvalue weighted by molar-refractivity contribution is 5.86. The normalized spacial score (nSPS) is 17.5. The van der Waals surface area contributed by atoms with Gasteiger partial charge in [0.1, 0.15) is 17.9 Å². The van der Waals surface area contributed by atoms with E-state index < -0.39 is 11.7 Å². The van der Waals surface area contributed by atoms with Gasteiger partial charge in [-0.15, -0.1) is 0 Å². The van der Waals surface area contributed by atoms with E-state index in [0.717, 1.165) is 24.2 Å². The Labute approximate surface area is 189 Å². The second-order valence-electron chi connectivity index (χ2n) is 9.21. The van der Waals surface area contributed by atoms with E-state index in [4.69, 9.17) is 9.47 Å². The Hall–Kier alpha value is -3.28. The molecule has 1 unspecified atom stereocenters. The minimum atomic E-state index is -0.614. The zero-order valence-corrected chi connectivity index (χ0v) is 19.1. The van der Waals surface area contributed by atoms with Crippen LogP contribution in [0.25, 0.3) is 5.57 Å². The van der Waals surface area contributed by atoms with Gasteiger partial charge in [-0.2, -0.15) is 0 Å². The highest BCUT2D eigenvalue weighted by Gasteiger charge is 2.37. The quantitative estimate of drug-likeness (QED) is 0.769. The van der Waals surface area contributed by atoms with Crippen LogP contribution in [0.4, 0.5) is 4.79 Å². The lowest BCUT2D eigenvalue weighted by Crippen LogP contribution is -2.45. The van der Waals surface area contributed by atoms with Crippen LogP contribution in [-0.2, 0) is 16.0 Å². The average Bonchev–Trinajstić information content (AvgIpc) is 3.14. The molecular formula is C26H30N2O4. The van der Waals surface area contributed by atoms with E-state index in [1.54, 1.807) is 27.9 Å². The lowest BCUT2D eigenvalue weighted by molar-refractivity contribution is -0.132. The Morgan fingerprint density at radius 3 is 2.66 bits per heavy atom. The van der Waals surface area contributed by atoms with Crippen LogP contribution in [0.3, 0.4) is 0 Å². The standard InChI is InChI=1S/C26H30N2O4/c1-26(2,3)32-25(30)27-16-23(29)28-13-12-21-20-11-6-5-8-17(20)15-22(21)24(28)18-9-7-10-19(14-18)31-4/h5-11,14,24H,12-13,15-16H2,1-4H3,(H,27,30). The van der Waals surface area contributed by atoms with Crippen molar-refractivity contribution in [1.29, 1.82) is 0 Å². The molecule has 2 aromatic rings. The van der Waals surface area contributed by atoms with Crippen LogP contribution in [-0.4, -0.2) is 42.7 Å². The van der Waals surface area contributed by atoms with Crippen molar-refractivity contribution >= 4 is 17.6 Å². The monoisotopic (exact) mass is 434 g/mol. The fraction of sp³-hybridized carbons (Fsp3) is 0.385. The van der Waals surface area contributed by atoms with Crippen LogP contribution in [0.1, 0.15) is 49.9 Å². The minimum absolute atomic E-state index is 0.106. The van der Waals surface area contributed by atoms with Crippen molar-refractivity contribution in [2.75, 3.05) is 20.2 Å². The lowest BCUT2D eigenvalue weighted by atomic mass is 9.88. The molecule has 0 spiro atoms. The van der Waals surface area contributed by atoms with E-state index >= 15 is 0 Å². The van der Waals surface area contributed by atoms with Crippen LogP contribution in [0.5, 0.6) is 5.75 Å². The fourth-order valence-electron chi connectivity index (χ4n) is 4.59. The molecule has 0 bridgehead atoms. The van der Waals surface area contributed by atoms with Crippen molar-refractivity contribution in [3.05, 3.63) is 70.8 Å². The molecule has 1 aliphatic heterocycles. The van der Waals surface area contributed by atoms with E-state index in [2.05, 4.69) is 29.6 Å². The molecule has 1 aliphatic carbocycles. The Balaban J connectivity index is 1.62. The van der Waals surface area contributed by atoms with Gasteiger partial charge in [0.15, 0.2) is 0 Å². The molecule has 0 saturated carbocycles. The maximum atomic E-state index is 13.3. The Bertz CT molecular complexity index is 1070. The van der Waals surface area contributed by atoms with Crippen molar-refractivity contribution in [3.63, 3.8) is 0 Å². The number of nitrogens with zero attached hydrogens (tertiary/aromatic N) is 1. The zero-order valence-electron chi connectivity index (χ0n) is 19.1. The number of methoxy groups -OCH3 is 1. The Morgan fingerprint density at radius 2 is 1.91 bits per heavy atom. The van der Waals surface area contributed by atoms with Gasteiger partial charge < -0.3 is 19.7 Å². The summed E-state index contributed by atoms with van der Waals surface area (Å²) in [5, 5.41) is 2.61. The van der Waals surface area contributed by atoms with Gasteiger partial charge in [-0.1, -0.05) is 36.4 Å². The summed E-state index contributed by atoms with van der Waals surface area (Å²) < 4.78 is 10.7. The molecule has 2 amide bonds. The topological polar surface area (TPSA) is 67.9 Å². The summed E-state index contributed by atoms with van der Waals surface area (Å²) in [6.07, 6.45) is 1.02. The number of carbonyl (C=O) groups excluding carboxylic acids is 2. The number of rotatable bonds is 4. The molecule has 168 valence electrons. The molecule has 0 saturated heterocycles. The maximum Gasteiger partial charge on any atom is 0.408 e. The van der Waals surface area contributed by atoms with Crippen molar-refractivity contribution in [1.82, 2.24) is 10.2 Å². The van der Waals surface area contributed by atoms with Crippen LogP contribution < -0.4 is 10.1 Å². The predicted octanol–water partition coefficient (Wildman–Crippen LogP) is 4.50. The maximum absolute atomic E-state index is 13.3. The molecule has 0 radical (unpaired) electrons.